The topological polar surface area (TPSA) is 34.8 Å². The number of methoxy groups -OCH3 is 1. The van der Waals surface area contributed by atoms with E-state index in [9.17, 15) is 0 Å². The number of nitrogens with two attached hydrogens (primary N) is 1. The molecule has 2 N–H and O–H groups in total. The maximum atomic E-state index is 5.77. The van der Waals surface area contributed by atoms with E-state index in [1.165, 1.54) is 11.1 Å². The van der Waals surface area contributed by atoms with Gasteiger partial charge in [0.05, 0.1) is 13.5 Å². The standard InChI is InChI=1S/C17H19NO.ClH/c1-19-17(18)13-12-16(14-8-4-2-5-9-14)15-10-6-3-7-11-15;/h2-11,16,18H,12-13H2,1H3;1H. The second-order valence-electron chi connectivity index (χ2n) is 4.58. The fraction of sp³-hybridized carbons (Fsp3) is 0.235. The van der Waals surface area contributed by atoms with E-state index in [0.717, 1.165) is 12.8 Å². The van der Waals surface area contributed by atoms with Crippen LogP contribution in [0.4, 0.5) is 0 Å². The summed E-state index contributed by atoms with van der Waals surface area (Å²) in [4.78, 5) is 0. The maximum Gasteiger partial charge on any atom is 0.332 e. The summed E-state index contributed by atoms with van der Waals surface area (Å²) < 4.78 is 5.07. The molecule has 0 spiro atoms. The van der Waals surface area contributed by atoms with Gasteiger partial charge in [0.15, 0.2) is 0 Å². The van der Waals surface area contributed by atoms with Gasteiger partial charge in [-0.05, 0) is 17.5 Å². The van der Waals surface area contributed by atoms with Crippen LogP contribution in [0.15, 0.2) is 60.7 Å². The molecule has 0 amide bonds. The third-order valence-corrected chi connectivity index (χ3v) is 3.35. The summed E-state index contributed by atoms with van der Waals surface area (Å²) in [6, 6.07) is 21.1. The van der Waals surface area contributed by atoms with E-state index in [0.29, 0.717) is 11.8 Å². The molecule has 0 heterocycles. The summed E-state index contributed by atoms with van der Waals surface area (Å²) in [7, 11) is 1.62. The molecule has 2 rings (SSSR count). The van der Waals surface area contributed by atoms with Gasteiger partial charge < -0.3 is 17.1 Å². The first-order valence-electron chi connectivity index (χ1n) is 6.56. The normalized spacial score (nSPS) is 9.90. The van der Waals surface area contributed by atoms with Crippen LogP contribution < -0.4 is 17.8 Å². The van der Waals surface area contributed by atoms with Crippen molar-refractivity contribution in [1.82, 2.24) is 0 Å². The molecule has 0 atom stereocenters. The summed E-state index contributed by atoms with van der Waals surface area (Å²) in [6.07, 6.45) is 1.72. The Labute approximate surface area is 126 Å². The second kappa shape index (κ2) is 8.39. The summed E-state index contributed by atoms with van der Waals surface area (Å²) >= 11 is 0. The monoisotopic (exact) mass is 289 g/mol. The van der Waals surface area contributed by atoms with Crippen molar-refractivity contribution in [3.63, 3.8) is 0 Å². The van der Waals surface area contributed by atoms with E-state index in [4.69, 9.17) is 10.1 Å². The minimum atomic E-state index is 0. The Bertz CT molecular complexity index is 474. The van der Waals surface area contributed by atoms with Gasteiger partial charge in [0.2, 0.25) is 0 Å². The van der Waals surface area contributed by atoms with E-state index in [1.807, 2.05) is 12.1 Å². The smallest absolute Gasteiger partial charge is 0.332 e. The first-order valence-corrected chi connectivity index (χ1v) is 6.56. The van der Waals surface area contributed by atoms with E-state index in [2.05, 4.69) is 48.5 Å². The van der Waals surface area contributed by atoms with E-state index >= 15 is 0 Å². The fourth-order valence-electron chi connectivity index (χ4n) is 2.29. The first kappa shape index (κ1) is 16.3. The SMILES string of the molecule is COC(=[NH2+])CCC(c1ccccc1)c1ccccc1.[Cl-]. The molecule has 0 fully saturated rings. The Balaban J connectivity index is 0.00000200. The molecule has 20 heavy (non-hydrogen) atoms. The van der Waals surface area contributed by atoms with E-state index in [-0.39, 0.29) is 12.4 Å². The first-order chi connectivity index (χ1) is 9.31. The van der Waals surface area contributed by atoms with Crippen LogP contribution in [0.2, 0.25) is 0 Å². The zero-order chi connectivity index (χ0) is 13.5. The van der Waals surface area contributed by atoms with Crippen molar-refractivity contribution in [2.45, 2.75) is 18.8 Å². The molecule has 3 heteroatoms. The molecule has 0 aromatic heterocycles. The lowest BCUT2D eigenvalue weighted by atomic mass is 9.87. The molecule has 0 saturated carbocycles. The average Bonchev–Trinajstić information content (AvgIpc) is 2.49. The highest BCUT2D eigenvalue weighted by Crippen LogP contribution is 2.28. The Hall–Kier alpha value is -1.80. The van der Waals surface area contributed by atoms with Crippen molar-refractivity contribution in [3.05, 3.63) is 71.8 Å². The highest BCUT2D eigenvalue weighted by molar-refractivity contribution is 5.69. The Kier molecular flexibility index (Phi) is 6.82. The molecule has 2 aromatic rings. The lowest BCUT2D eigenvalue weighted by Crippen LogP contribution is -3.00. The highest BCUT2D eigenvalue weighted by atomic mass is 35.5. The lowest BCUT2D eigenvalue weighted by molar-refractivity contribution is -0.140. The van der Waals surface area contributed by atoms with Crippen LogP contribution >= 0.6 is 0 Å². The summed E-state index contributed by atoms with van der Waals surface area (Å²) in [5.41, 5.74) is 2.63. The molecule has 0 aliphatic heterocycles. The van der Waals surface area contributed by atoms with Gasteiger partial charge in [0.1, 0.15) is 0 Å². The Morgan fingerprint density at radius 2 is 1.40 bits per heavy atom. The van der Waals surface area contributed by atoms with Gasteiger partial charge in [0.25, 0.3) is 0 Å². The Morgan fingerprint density at radius 1 is 0.950 bits per heavy atom. The van der Waals surface area contributed by atoms with Gasteiger partial charge >= 0.3 is 5.90 Å². The van der Waals surface area contributed by atoms with Gasteiger partial charge in [-0.15, -0.1) is 0 Å². The van der Waals surface area contributed by atoms with Gasteiger partial charge in [0, 0.05) is 5.92 Å². The number of hydrogen-bond donors (Lipinski definition) is 1. The van der Waals surface area contributed by atoms with Crippen LogP contribution in [0.3, 0.4) is 0 Å². The number of halogens is 1. The fourth-order valence-corrected chi connectivity index (χ4v) is 2.29. The zero-order valence-corrected chi connectivity index (χ0v) is 12.4. The van der Waals surface area contributed by atoms with Gasteiger partial charge in [-0.3, -0.25) is 0 Å². The molecule has 0 aliphatic rings. The van der Waals surface area contributed by atoms with E-state index < -0.39 is 0 Å². The molecular formula is C17H20ClNO. The van der Waals surface area contributed by atoms with Gasteiger partial charge in [-0.2, -0.15) is 0 Å². The highest BCUT2D eigenvalue weighted by Gasteiger charge is 2.16. The molecule has 0 unspecified atom stereocenters. The second-order valence-corrected chi connectivity index (χ2v) is 4.58. The van der Waals surface area contributed by atoms with Crippen LogP contribution in [0.25, 0.3) is 0 Å². The summed E-state index contributed by atoms with van der Waals surface area (Å²) in [6.45, 7) is 0. The van der Waals surface area contributed by atoms with Crippen LogP contribution in [-0.4, -0.2) is 13.0 Å². The van der Waals surface area contributed by atoms with Crippen molar-refractivity contribution in [3.8, 4) is 0 Å². The Morgan fingerprint density at radius 3 is 1.80 bits per heavy atom. The molecule has 2 aromatic carbocycles. The van der Waals surface area contributed by atoms with Crippen LogP contribution in [0.5, 0.6) is 0 Å². The van der Waals surface area contributed by atoms with Crippen molar-refractivity contribution in [2.24, 2.45) is 0 Å². The minimum Gasteiger partial charge on any atom is -1.00 e. The zero-order valence-electron chi connectivity index (χ0n) is 11.6. The quantitative estimate of drug-likeness (QED) is 0.579. The molecule has 2 nitrogen and oxygen atoms in total. The van der Waals surface area contributed by atoms with Gasteiger partial charge in [-0.1, -0.05) is 60.7 Å². The maximum absolute atomic E-state index is 5.77. The predicted octanol–water partition coefficient (Wildman–Crippen LogP) is -0.593. The van der Waals surface area contributed by atoms with Crippen molar-refractivity contribution in [2.75, 3.05) is 7.11 Å². The molecule has 0 radical (unpaired) electrons. The van der Waals surface area contributed by atoms with Crippen molar-refractivity contribution in [1.29, 1.82) is 0 Å². The van der Waals surface area contributed by atoms with Crippen molar-refractivity contribution < 1.29 is 22.6 Å². The number of hydrogen-bond acceptors (Lipinski definition) is 1. The van der Waals surface area contributed by atoms with Crippen molar-refractivity contribution >= 4 is 5.90 Å². The lowest BCUT2D eigenvalue weighted by Gasteiger charge is -2.17. The molecule has 0 saturated heterocycles. The number of ether oxygens (including phenoxy) is 1. The largest absolute Gasteiger partial charge is 1.00 e. The van der Waals surface area contributed by atoms with Crippen LogP contribution in [0, 0.1) is 0 Å². The third-order valence-electron chi connectivity index (χ3n) is 3.35. The molecule has 0 aliphatic carbocycles. The van der Waals surface area contributed by atoms with E-state index in [1.54, 1.807) is 7.11 Å². The molecule has 0 bridgehead atoms. The predicted molar refractivity (Wildman–Crippen MR) is 77.9 cm³/mol. The minimum absolute atomic E-state index is 0. The summed E-state index contributed by atoms with van der Waals surface area (Å²) in [5.74, 6) is 0.952. The van der Waals surface area contributed by atoms with Gasteiger partial charge in [-0.25, -0.2) is 5.41 Å². The van der Waals surface area contributed by atoms with Crippen LogP contribution in [-0.2, 0) is 4.74 Å². The molecule has 106 valence electrons. The number of rotatable bonds is 5. The van der Waals surface area contributed by atoms with Crippen LogP contribution in [0.1, 0.15) is 29.9 Å². The average molecular weight is 290 g/mol. The number of benzene rings is 2. The third kappa shape index (κ3) is 4.39. The summed E-state index contributed by atoms with van der Waals surface area (Å²) in [5, 5.41) is 5.77. The molecular weight excluding hydrogens is 270 g/mol.